The molecule has 0 fully saturated rings. The van der Waals surface area contributed by atoms with Gasteiger partial charge in [-0.15, -0.1) is 0 Å². The van der Waals surface area contributed by atoms with E-state index in [1.165, 1.54) is 12.1 Å². The lowest BCUT2D eigenvalue weighted by Gasteiger charge is -2.07. The highest BCUT2D eigenvalue weighted by atomic mass is 79.9. The molecule has 0 aromatic heterocycles. The van der Waals surface area contributed by atoms with Gasteiger partial charge in [0.25, 0.3) is 10.0 Å². The van der Waals surface area contributed by atoms with Crippen LogP contribution in [0.25, 0.3) is 0 Å². The summed E-state index contributed by atoms with van der Waals surface area (Å²) in [7, 11) is -3.74. The van der Waals surface area contributed by atoms with E-state index >= 15 is 0 Å². The Balaban J connectivity index is 2.26. The zero-order valence-corrected chi connectivity index (χ0v) is 14.4. The van der Waals surface area contributed by atoms with E-state index in [9.17, 15) is 13.5 Å². The lowest BCUT2D eigenvalue weighted by Crippen LogP contribution is -2.20. The molecule has 5 nitrogen and oxygen atoms in total. The molecule has 0 aliphatic rings. The van der Waals surface area contributed by atoms with E-state index in [0.717, 1.165) is 10.0 Å². The average molecular weight is 383 g/mol. The summed E-state index contributed by atoms with van der Waals surface area (Å²) in [6, 6.07) is 11.3. The fraction of sp³-hybridized carbons (Fsp3) is 0.133. The Morgan fingerprint density at radius 3 is 2.45 bits per heavy atom. The average Bonchev–Trinajstić information content (AvgIpc) is 2.48. The van der Waals surface area contributed by atoms with Crippen molar-refractivity contribution in [3.63, 3.8) is 0 Å². The van der Waals surface area contributed by atoms with E-state index in [0.29, 0.717) is 11.3 Å². The summed E-state index contributed by atoms with van der Waals surface area (Å²) in [5, 5.41) is 13.7. The van der Waals surface area contributed by atoms with Crippen molar-refractivity contribution in [2.24, 2.45) is 5.10 Å². The first-order valence-electron chi connectivity index (χ1n) is 6.41. The van der Waals surface area contributed by atoms with Crippen molar-refractivity contribution in [3.05, 3.63) is 58.1 Å². The molecule has 0 bridgehead atoms. The lowest BCUT2D eigenvalue weighted by molar-refractivity contribution is 0.474. The Morgan fingerprint density at radius 2 is 1.82 bits per heavy atom. The molecule has 0 saturated carbocycles. The number of hydrogen-bond donors (Lipinski definition) is 2. The number of hydrogen-bond acceptors (Lipinski definition) is 4. The van der Waals surface area contributed by atoms with Crippen LogP contribution in [0.4, 0.5) is 0 Å². The number of benzene rings is 2. The van der Waals surface area contributed by atoms with Gasteiger partial charge in [-0.3, -0.25) is 0 Å². The standard InChI is InChI=1S/C15H15BrN2O3S/c1-10-3-8-15(19)14(9-10)11(2)17-18-22(20,21)13-6-4-12(16)5-7-13/h3-9,18-19H,1-2H3/b17-11+. The van der Waals surface area contributed by atoms with Crippen molar-refractivity contribution in [2.45, 2.75) is 18.7 Å². The fourth-order valence-electron chi connectivity index (χ4n) is 1.79. The maximum absolute atomic E-state index is 12.1. The summed E-state index contributed by atoms with van der Waals surface area (Å²) in [5.74, 6) is 0.0506. The Bertz CT molecular complexity index is 815. The molecule has 0 aliphatic carbocycles. The molecule has 0 spiro atoms. The van der Waals surface area contributed by atoms with Gasteiger partial charge < -0.3 is 5.11 Å². The summed E-state index contributed by atoms with van der Waals surface area (Å²) in [5.41, 5.74) is 1.80. The van der Waals surface area contributed by atoms with E-state index in [1.807, 2.05) is 6.92 Å². The van der Waals surface area contributed by atoms with Crippen molar-refractivity contribution in [1.29, 1.82) is 0 Å². The molecule has 0 radical (unpaired) electrons. The molecule has 0 aliphatic heterocycles. The van der Waals surface area contributed by atoms with Crippen LogP contribution in [0.3, 0.4) is 0 Å². The van der Waals surface area contributed by atoms with Crippen LogP contribution in [-0.4, -0.2) is 19.2 Å². The highest BCUT2D eigenvalue weighted by Crippen LogP contribution is 2.19. The summed E-state index contributed by atoms with van der Waals surface area (Å²) in [4.78, 5) is 2.29. The minimum absolute atomic E-state index is 0.0506. The normalized spacial score (nSPS) is 12.2. The SMILES string of the molecule is C/C(=N\NS(=O)(=O)c1ccc(Br)cc1)c1cc(C)ccc1O. The number of aromatic hydroxyl groups is 1. The number of rotatable bonds is 4. The van der Waals surface area contributed by atoms with Gasteiger partial charge in [-0.05, 0) is 50.2 Å². The molecule has 0 amide bonds. The molecule has 7 heteroatoms. The Morgan fingerprint density at radius 1 is 1.18 bits per heavy atom. The molecule has 2 N–H and O–H groups in total. The highest BCUT2D eigenvalue weighted by Gasteiger charge is 2.13. The summed E-state index contributed by atoms with van der Waals surface area (Å²) in [6.07, 6.45) is 0. The van der Waals surface area contributed by atoms with Crippen molar-refractivity contribution >= 4 is 31.7 Å². The van der Waals surface area contributed by atoms with Crippen LogP contribution in [-0.2, 0) is 10.0 Å². The van der Waals surface area contributed by atoms with E-state index < -0.39 is 10.0 Å². The second-order valence-corrected chi connectivity index (χ2v) is 7.34. The molecule has 2 rings (SSSR count). The number of aryl methyl sites for hydroxylation is 1. The van der Waals surface area contributed by atoms with Gasteiger partial charge in [0.2, 0.25) is 0 Å². The van der Waals surface area contributed by atoms with Gasteiger partial charge in [-0.2, -0.15) is 18.4 Å². The number of hydrazone groups is 1. The van der Waals surface area contributed by atoms with Crippen LogP contribution in [0.15, 0.2) is 56.9 Å². The highest BCUT2D eigenvalue weighted by molar-refractivity contribution is 9.10. The topological polar surface area (TPSA) is 78.8 Å². The van der Waals surface area contributed by atoms with Crippen LogP contribution in [0.1, 0.15) is 18.1 Å². The minimum atomic E-state index is -3.74. The van der Waals surface area contributed by atoms with Gasteiger partial charge in [0, 0.05) is 10.0 Å². The number of phenols is 1. The molecule has 2 aromatic rings. The van der Waals surface area contributed by atoms with Gasteiger partial charge in [-0.25, -0.2) is 0 Å². The first kappa shape index (κ1) is 16.5. The van der Waals surface area contributed by atoms with Gasteiger partial charge in [0.05, 0.1) is 10.6 Å². The van der Waals surface area contributed by atoms with Gasteiger partial charge >= 0.3 is 0 Å². The third-order valence-corrected chi connectivity index (χ3v) is 4.75. The molecule has 0 saturated heterocycles. The van der Waals surface area contributed by atoms with Crippen LogP contribution >= 0.6 is 15.9 Å². The zero-order chi connectivity index (χ0) is 16.3. The summed E-state index contributed by atoms with van der Waals surface area (Å²) < 4.78 is 25.1. The Labute approximate surface area is 137 Å². The largest absolute Gasteiger partial charge is 0.507 e. The smallest absolute Gasteiger partial charge is 0.276 e. The second-order valence-electron chi connectivity index (χ2n) is 4.77. The maximum Gasteiger partial charge on any atom is 0.276 e. The number of nitrogens with zero attached hydrogens (tertiary/aromatic N) is 1. The first-order chi connectivity index (χ1) is 10.3. The Kier molecular flexibility index (Phi) is 4.87. The molecule has 0 heterocycles. The monoisotopic (exact) mass is 382 g/mol. The molecule has 22 heavy (non-hydrogen) atoms. The zero-order valence-electron chi connectivity index (χ0n) is 12.0. The molecule has 0 atom stereocenters. The number of sulfonamides is 1. The second kappa shape index (κ2) is 6.50. The third kappa shape index (κ3) is 3.86. The molecular formula is C15H15BrN2O3S. The third-order valence-electron chi connectivity index (χ3n) is 3.00. The number of nitrogens with one attached hydrogen (secondary N) is 1. The quantitative estimate of drug-likeness (QED) is 0.629. The molecule has 2 aromatic carbocycles. The molecule has 0 unspecified atom stereocenters. The van der Waals surface area contributed by atoms with Crippen LogP contribution < -0.4 is 4.83 Å². The first-order valence-corrected chi connectivity index (χ1v) is 8.69. The molecular weight excluding hydrogens is 368 g/mol. The minimum Gasteiger partial charge on any atom is -0.507 e. The van der Waals surface area contributed by atoms with E-state index in [2.05, 4.69) is 25.9 Å². The van der Waals surface area contributed by atoms with Crippen molar-refractivity contribution < 1.29 is 13.5 Å². The van der Waals surface area contributed by atoms with Crippen molar-refractivity contribution in [3.8, 4) is 5.75 Å². The fourth-order valence-corrected chi connectivity index (χ4v) is 2.92. The van der Waals surface area contributed by atoms with E-state index in [-0.39, 0.29) is 10.6 Å². The maximum atomic E-state index is 12.1. The van der Waals surface area contributed by atoms with Crippen molar-refractivity contribution in [1.82, 2.24) is 4.83 Å². The van der Waals surface area contributed by atoms with Crippen molar-refractivity contribution in [2.75, 3.05) is 0 Å². The predicted octanol–water partition coefficient (Wildman–Crippen LogP) is 3.17. The van der Waals surface area contributed by atoms with Crippen LogP contribution in [0.5, 0.6) is 5.75 Å². The molecule has 116 valence electrons. The van der Waals surface area contributed by atoms with Crippen LogP contribution in [0.2, 0.25) is 0 Å². The predicted molar refractivity (Wildman–Crippen MR) is 89.5 cm³/mol. The van der Waals surface area contributed by atoms with Crippen LogP contribution in [0, 0.1) is 6.92 Å². The lowest BCUT2D eigenvalue weighted by atomic mass is 10.1. The van der Waals surface area contributed by atoms with Gasteiger partial charge in [-0.1, -0.05) is 27.6 Å². The Hall–Kier alpha value is -1.86. The van der Waals surface area contributed by atoms with Gasteiger partial charge in [0.15, 0.2) is 0 Å². The number of phenolic OH excluding ortho intramolecular Hbond substituents is 1. The van der Waals surface area contributed by atoms with E-state index in [4.69, 9.17) is 0 Å². The van der Waals surface area contributed by atoms with E-state index in [1.54, 1.807) is 37.3 Å². The van der Waals surface area contributed by atoms with Gasteiger partial charge in [0.1, 0.15) is 5.75 Å². The summed E-state index contributed by atoms with van der Waals surface area (Å²) in [6.45, 7) is 3.50. The summed E-state index contributed by atoms with van der Waals surface area (Å²) >= 11 is 3.25. The number of halogens is 1.